The molecule has 166 valence electrons. The molecule has 0 aliphatic heterocycles. The van der Waals surface area contributed by atoms with Crippen LogP contribution in [0, 0.1) is 16.7 Å². The highest BCUT2D eigenvalue weighted by Crippen LogP contribution is 2.34. The maximum atomic E-state index is 12.2. The first-order valence-corrected chi connectivity index (χ1v) is 10.4. The Bertz CT molecular complexity index is 485. The van der Waals surface area contributed by atoms with Gasteiger partial charge in [-0.25, -0.2) is 0 Å². The molecule has 0 aliphatic rings. The van der Waals surface area contributed by atoms with E-state index in [1.54, 1.807) is 6.92 Å². The van der Waals surface area contributed by atoms with Gasteiger partial charge in [-0.15, -0.1) is 0 Å². The van der Waals surface area contributed by atoms with E-state index in [1.165, 1.54) is 0 Å². The van der Waals surface area contributed by atoms with Crippen molar-refractivity contribution in [1.29, 1.82) is 0 Å². The van der Waals surface area contributed by atoms with E-state index in [0.29, 0.717) is 32.6 Å². The summed E-state index contributed by atoms with van der Waals surface area (Å²) in [6.45, 7) is 18.2. The third-order valence-electron chi connectivity index (χ3n) is 5.06. The Balaban J connectivity index is 4.36. The predicted molar refractivity (Wildman–Crippen MR) is 114 cm³/mol. The summed E-state index contributed by atoms with van der Waals surface area (Å²) in [6, 6.07) is 0. The van der Waals surface area contributed by atoms with Crippen LogP contribution in [0.5, 0.6) is 0 Å². The van der Waals surface area contributed by atoms with E-state index in [2.05, 4.69) is 52.2 Å². The molecule has 6 nitrogen and oxygen atoms in total. The number of Topliss-reactive ketones (excluding diaryl/α,β-unsaturated/α-hetero) is 1. The Kier molecular flexibility index (Phi) is 11.5. The Labute approximate surface area is 172 Å². The first kappa shape index (κ1) is 27.0. The van der Waals surface area contributed by atoms with Crippen molar-refractivity contribution >= 4 is 11.7 Å². The van der Waals surface area contributed by atoms with Crippen molar-refractivity contribution < 1.29 is 19.1 Å². The van der Waals surface area contributed by atoms with E-state index in [9.17, 15) is 9.59 Å². The van der Waals surface area contributed by atoms with Gasteiger partial charge in [0.1, 0.15) is 5.78 Å². The molecule has 0 saturated heterocycles. The molecule has 0 aromatic heterocycles. The average molecular weight is 401 g/mol. The summed E-state index contributed by atoms with van der Waals surface area (Å²) < 4.78 is 12.0. The first-order valence-electron chi connectivity index (χ1n) is 10.4. The minimum atomic E-state index is -0.724. The Morgan fingerprint density at radius 2 is 1.50 bits per heavy atom. The largest absolute Gasteiger partial charge is 0.354 e. The highest BCUT2D eigenvalue weighted by atomic mass is 16.7. The molecule has 2 N–H and O–H groups in total. The number of carbonyl (C=O) groups is 2. The number of hydrogen-bond acceptors (Lipinski definition) is 5. The van der Waals surface area contributed by atoms with Gasteiger partial charge in [-0.3, -0.25) is 4.79 Å². The van der Waals surface area contributed by atoms with Crippen LogP contribution in [0.1, 0.15) is 74.7 Å². The molecule has 0 heterocycles. The van der Waals surface area contributed by atoms with Crippen LogP contribution in [-0.2, 0) is 19.1 Å². The zero-order chi connectivity index (χ0) is 22.0. The number of likely N-dealkylation sites (N-methyl/N-ethyl adjacent to an activating group) is 1. The lowest BCUT2D eigenvalue weighted by atomic mass is 9.78. The highest BCUT2D eigenvalue weighted by molar-refractivity contribution is 5.76. The SMILES string of the molecule is CNCCOC(C)(OCCNC(=O)CC(C)CC(C)(C)CC(C)=O)C(C)(C)C. The van der Waals surface area contributed by atoms with Gasteiger partial charge in [-0.05, 0) is 38.6 Å². The summed E-state index contributed by atoms with van der Waals surface area (Å²) in [5.41, 5.74) is -0.268. The fourth-order valence-electron chi connectivity index (χ4n) is 3.41. The number of ketones is 1. The molecule has 6 heteroatoms. The maximum absolute atomic E-state index is 12.2. The first-order chi connectivity index (χ1) is 12.7. The Morgan fingerprint density at radius 3 is 1.96 bits per heavy atom. The Hall–Kier alpha value is -0.980. The number of ether oxygens (including phenoxy) is 2. The molecule has 0 aromatic rings. The second-order valence-corrected chi connectivity index (χ2v) is 9.90. The molecule has 0 spiro atoms. The normalized spacial score (nSPS) is 15.8. The molecule has 0 bridgehead atoms. The van der Waals surface area contributed by atoms with Crippen molar-refractivity contribution in [3.63, 3.8) is 0 Å². The minimum Gasteiger partial charge on any atom is -0.354 e. The zero-order valence-electron chi connectivity index (χ0n) is 19.7. The third kappa shape index (κ3) is 11.1. The minimum absolute atomic E-state index is 0.0169. The second-order valence-electron chi connectivity index (χ2n) is 9.90. The van der Waals surface area contributed by atoms with Crippen molar-refractivity contribution in [1.82, 2.24) is 10.6 Å². The third-order valence-corrected chi connectivity index (χ3v) is 5.06. The molecule has 1 amide bonds. The summed E-state index contributed by atoms with van der Waals surface area (Å²) >= 11 is 0. The van der Waals surface area contributed by atoms with Crippen molar-refractivity contribution in [2.45, 2.75) is 80.4 Å². The van der Waals surface area contributed by atoms with Gasteiger partial charge in [0.2, 0.25) is 5.91 Å². The fraction of sp³-hybridized carbons (Fsp3) is 0.909. The summed E-state index contributed by atoms with van der Waals surface area (Å²) in [7, 11) is 1.89. The van der Waals surface area contributed by atoms with Crippen molar-refractivity contribution in [2.24, 2.45) is 16.7 Å². The van der Waals surface area contributed by atoms with E-state index in [1.807, 2.05) is 14.0 Å². The highest BCUT2D eigenvalue weighted by Gasteiger charge is 2.39. The van der Waals surface area contributed by atoms with Gasteiger partial charge < -0.3 is 24.9 Å². The molecule has 0 fully saturated rings. The molecule has 0 radical (unpaired) electrons. The van der Waals surface area contributed by atoms with E-state index in [4.69, 9.17) is 9.47 Å². The van der Waals surface area contributed by atoms with E-state index in [0.717, 1.165) is 13.0 Å². The molecule has 0 aromatic carbocycles. The number of rotatable bonds is 14. The molecule has 28 heavy (non-hydrogen) atoms. The predicted octanol–water partition coefficient (Wildman–Crippen LogP) is 3.54. The summed E-state index contributed by atoms with van der Waals surface area (Å²) in [5.74, 6) is -0.292. The summed E-state index contributed by atoms with van der Waals surface area (Å²) in [6.07, 6.45) is 1.85. The smallest absolute Gasteiger partial charge is 0.220 e. The zero-order valence-corrected chi connectivity index (χ0v) is 19.7. The summed E-state index contributed by atoms with van der Waals surface area (Å²) in [5, 5.41) is 5.99. The van der Waals surface area contributed by atoms with Crippen LogP contribution in [0.4, 0.5) is 0 Å². The van der Waals surface area contributed by atoms with Gasteiger partial charge in [-0.1, -0.05) is 41.5 Å². The van der Waals surface area contributed by atoms with Gasteiger partial charge in [0.15, 0.2) is 5.79 Å². The monoisotopic (exact) mass is 400 g/mol. The quantitative estimate of drug-likeness (QED) is 0.344. The van der Waals surface area contributed by atoms with Gasteiger partial charge >= 0.3 is 0 Å². The van der Waals surface area contributed by atoms with Gasteiger partial charge in [0.25, 0.3) is 0 Å². The molecule has 0 rings (SSSR count). The van der Waals surface area contributed by atoms with Crippen molar-refractivity contribution in [3.8, 4) is 0 Å². The maximum Gasteiger partial charge on any atom is 0.220 e. The topological polar surface area (TPSA) is 76.7 Å². The molecular formula is C22H44N2O4. The second kappa shape index (κ2) is 11.9. The lowest BCUT2D eigenvalue weighted by Crippen LogP contribution is -2.47. The van der Waals surface area contributed by atoms with Crippen LogP contribution in [0.15, 0.2) is 0 Å². The summed E-state index contributed by atoms with van der Waals surface area (Å²) in [4.78, 5) is 23.6. The molecule has 0 saturated carbocycles. The lowest BCUT2D eigenvalue weighted by Gasteiger charge is -2.41. The van der Waals surface area contributed by atoms with Crippen LogP contribution < -0.4 is 10.6 Å². The standard InChI is InChI=1S/C22H44N2O4/c1-17(15-21(6,7)16-18(2)25)14-19(26)24-11-13-28-22(8,20(3,4)5)27-12-10-23-9/h17,23H,10-16H2,1-9H3,(H,24,26). The number of nitrogens with one attached hydrogen (secondary N) is 2. The van der Waals surface area contributed by atoms with Gasteiger partial charge in [0, 0.05) is 31.3 Å². The van der Waals surface area contributed by atoms with Gasteiger partial charge in [0.05, 0.1) is 13.2 Å². The molecular weight excluding hydrogens is 356 g/mol. The molecule has 2 atom stereocenters. The van der Waals surface area contributed by atoms with E-state index >= 15 is 0 Å². The fourth-order valence-corrected chi connectivity index (χ4v) is 3.41. The van der Waals surface area contributed by atoms with Crippen molar-refractivity contribution in [3.05, 3.63) is 0 Å². The number of carbonyl (C=O) groups excluding carboxylic acids is 2. The van der Waals surface area contributed by atoms with Gasteiger partial charge in [-0.2, -0.15) is 0 Å². The van der Waals surface area contributed by atoms with Crippen molar-refractivity contribution in [2.75, 3.05) is 33.4 Å². The van der Waals surface area contributed by atoms with Crippen LogP contribution in [0.2, 0.25) is 0 Å². The number of amides is 1. The number of hydrogen-bond donors (Lipinski definition) is 2. The molecule has 2 unspecified atom stereocenters. The average Bonchev–Trinajstić information content (AvgIpc) is 2.48. The van der Waals surface area contributed by atoms with E-state index < -0.39 is 5.79 Å². The van der Waals surface area contributed by atoms with Crippen LogP contribution in [-0.4, -0.2) is 50.8 Å². The molecule has 0 aliphatic carbocycles. The lowest BCUT2D eigenvalue weighted by molar-refractivity contribution is -0.276. The van der Waals surface area contributed by atoms with Crippen LogP contribution in [0.25, 0.3) is 0 Å². The van der Waals surface area contributed by atoms with E-state index in [-0.39, 0.29) is 28.4 Å². The van der Waals surface area contributed by atoms with Crippen LogP contribution in [0.3, 0.4) is 0 Å². The van der Waals surface area contributed by atoms with Crippen LogP contribution >= 0.6 is 0 Å². The Morgan fingerprint density at radius 1 is 0.964 bits per heavy atom.